The van der Waals surface area contributed by atoms with E-state index in [2.05, 4.69) is 15.9 Å². The molecular formula is C16H15BrClNO2. The number of hydrogen-bond donors (Lipinski definition) is 0. The molecule has 0 N–H and O–H groups in total. The number of rotatable bonds is 5. The Balaban J connectivity index is 1.90. The lowest BCUT2D eigenvalue weighted by Crippen LogP contribution is -2.31. The van der Waals surface area contributed by atoms with Gasteiger partial charge in [0.2, 0.25) is 0 Å². The van der Waals surface area contributed by atoms with Crippen LogP contribution in [0.3, 0.4) is 0 Å². The molecule has 0 aliphatic carbocycles. The van der Waals surface area contributed by atoms with Gasteiger partial charge in [0.1, 0.15) is 5.75 Å². The Morgan fingerprint density at radius 1 is 1.24 bits per heavy atom. The minimum absolute atomic E-state index is 0.00257. The average molecular weight is 369 g/mol. The normalized spacial score (nSPS) is 10.2. The number of hydrogen-bond acceptors (Lipinski definition) is 2. The highest BCUT2D eigenvalue weighted by molar-refractivity contribution is 9.10. The number of carbonyl (C=O) groups excluding carboxylic acids is 1. The predicted molar refractivity (Wildman–Crippen MR) is 87.6 cm³/mol. The maximum Gasteiger partial charge on any atom is 0.260 e. The Kier molecular flexibility index (Phi) is 5.65. The summed E-state index contributed by atoms with van der Waals surface area (Å²) in [5, 5.41) is 0.657. The predicted octanol–water partition coefficient (Wildman–Crippen LogP) is 4.14. The van der Waals surface area contributed by atoms with Crippen molar-refractivity contribution < 1.29 is 9.53 Å². The van der Waals surface area contributed by atoms with Crippen LogP contribution in [0.2, 0.25) is 5.02 Å². The van der Waals surface area contributed by atoms with E-state index in [1.807, 2.05) is 48.5 Å². The molecule has 2 rings (SSSR count). The highest BCUT2D eigenvalue weighted by atomic mass is 79.9. The molecule has 0 saturated heterocycles. The second kappa shape index (κ2) is 7.48. The molecule has 2 aromatic carbocycles. The Morgan fingerprint density at radius 2 is 2.00 bits per heavy atom. The smallest absolute Gasteiger partial charge is 0.260 e. The van der Waals surface area contributed by atoms with Crippen LogP contribution in [0.25, 0.3) is 0 Å². The summed E-state index contributed by atoms with van der Waals surface area (Å²) in [5.74, 6) is 0.554. The van der Waals surface area contributed by atoms with Crippen LogP contribution in [0.1, 0.15) is 5.56 Å². The van der Waals surface area contributed by atoms with E-state index in [-0.39, 0.29) is 12.5 Å². The van der Waals surface area contributed by atoms with Gasteiger partial charge in [0.05, 0.1) is 0 Å². The Hall–Kier alpha value is -1.52. The molecule has 110 valence electrons. The van der Waals surface area contributed by atoms with Gasteiger partial charge in [-0.05, 0) is 29.8 Å². The largest absolute Gasteiger partial charge is 0.484 e. The van der Waals surface area contributed by atoms with Crippen LogP contribution in [-0.4, -0.2) is 24.5 Å². The first-order valence-corrected chi connectivity index (χ1v) is 7.59. The summed E-state index contributed by atoms with van der Waals surface area (Å²) in [4.78, 5) is 13.7. The third kappa shape index (κ3) is 4.76. The molecule has 0 aliphatic rings. The molecule has 21 heavy (non-hydrogen) atoms. The number of nitrogens with zero attached hydrogens (tertiary/aromatic N) is 1. The quantitative estimate of drug-likeness (QED) is 0.794. The van der Waals surface area contributed by atoms with E-state index in [0.717, 1.165) is 10.0 Å². The first kappa shape index (κ1) is 15.9. The second-order valence-electron chi connectivity index (χ2n) is 4.59. The fourth-order valence-electron chi connectivity index (χ4n) is 1.78. The molecule has 2 aromatic rings. The maximum atomic E-state index is 12.1. The van der Waals surface area contributed by atoms with Crippen LogP contribution >= 0.6 is 27.5 Å². The maximum absolute atomic E-state index is 12.1. The van der Waals surface area contributed by atoms with E-state index in [1.165, 1.54) is 0 Å². The van der Waals surface area contributed by atoms with Gasteiger partial charge in [0.15, 0.2) is 6.61 Å². The number of benzene rings is 2. The SMILES string of the molecule is CN(Cc1ccccc1Cl)C(=O)COc1cccc(Br)c1. The molecular weight excluding hydrogens is 354 g/mol. The second-order valence-corrected chi connectivity index (χ2v) is 5.91. The average Bonchev–Trinajstić information content (AvgIpc) is 2.47. The van der Waals surface area contributed by atoms with Gasteiger partial charge in [-0.25, -0.2) is 0 Å². The van der Waals surface area contributed by atoms with Gasteiger partial charge in [0.25, 0.3) is 5.91 Å². The number of likely N-dealkylation sites (N-methyl/N-ethyl adjacent to an activating group) is 1. The van der Waals surface area contributed by atoms with Crippen molar-refractivity contribution in [3.63, 3.8) is 0 Å². The molecule has 0 aliphatic heterocycles. The molecule has 0 heterocycles. The van der Waals surface area contributed by atoms with Gasteiger partial charge >= 0.3 is 0 Å². The highest BCUT2D eigenvalue weighted by Gasteiger charge is 2.11. The summed E-state index contributed by atoms with van der Waals surface area (Å²) in [6.07, 6.45) is 0. The molecule has 0 fully saturated rings. The van der Waals surface area contributed by atoms with E-state index in [1.54, 1.807) is 11.9 Å². The zero-order chi connectivity index (χ0) is 15.2. The van der Waals surface area contributed by atoms with E-state index >= 15 is 0 Å². The van der Waals surface area contributed by atoms with Crippen molar-refractivity contribution in [1.29, 1.82) is 0 Å². The van der Waals surface area contributed by atoms with Gasteiger partial charge in [-0.1, -0.05) is 51.8 Å². The van der Waals surface area contributed by atoms with Crippen molar-refractivity contribution in [2.45, 2.75) is 6.54 Å². The third-order valence-electron chi connectivity index (χ3n) is 2.95. The molecule has 0 radical (unpaired) electrons. The van der Waals surface area contributed by atoms with E-state index < -0.39 is 0 Å². The summed E-state index contributed by atoms with van der Waals surface area (Å²) >= 11 is 9.45. The van der Waals surface area contributed by atoms with Crippen LogP contribution in [0.4, 0.5) is 0 Å². The van der Waals surface area contributed by atoms with E-state index in [9.17, 15) is 4.79 Å². The minimum Gasteiger partial charge on any atom is -0.484 e. The monoisotopic (exact) mass is 367 g/mol. The summed E-state index contributed by atoms with van der Waals surface area (Å²) in [5.41, 5.74) is 0.914. The summed E-state index contributed by atoms with van der Waals surface area (Å²) in [6, 6.07) is 14.9. The van der Waals surface area contributed by atoms with Gasteiger partial charge < -0.3 is 9.64 Å². The first-order valence-electron chi connectivity index (χ1n) is 6.42. The van der Waals surface area contributed by atoms with Crippen LogP contribution < -0.4 is 4.74 Å². The van der Waals surface area contributed by atoms with Crippen molar-refractivity contribution in [2.24, 2.45) is 0 Å². The lowest BCUT2D eigenvalue weighted by atomic mass is 10.2. The van der Waals surface area contributed by atoms with Crippen molar-refractivity contribution in [1.82, 2.24) is 4.90 Å². The first-order chi connectivity index (χ1) is 10.1. The lowest BCUT2D eigenvalue weighted by Gasteiger charge is -2.18. The molecule has 5 heteroatoms. The zero-order valence-electron chi connectivity index (χ0n) is 11.6. The molecule has 1 amide bonds. The van der Waals surface area contributed by atoms with Crippen molar-refractivity contribution in [3.8, 4) is 5.75 Å². The Morgan fingerprint density at radius 3 is 2.71 bits per heavy atom. The number of amides is 1. The van der Waals surface area contributed by atoms with Gasteiger partial charge in [-0.15, -0.1) is 0 Å². The molecule has 0 atom stereocenters. The number of halogens is 2. The van der Waals surface area contributed by atoms with Crippen molar-refractivity contribution >= 4 is 33.4 Å². The zero-order valence-corrected chi connectivity index (χ0v) is 13.9. The summed E-state index contributed by atoms with van der Waals surface area (Å²) in [7, 11) is 1.73. The lowest BCUT2D eigenvalue weighted by molar-refractivity contribution is -0.132. The standard InChI is InChI=1S/C16H15BrClNO2/c1-19(10-12-5-2-3-8-15(12)18)16(20)11-21-14-7-4-6-13(17)9-14/h2-9H,10-11H2,1H3. The van der Waals surface area contributed by atoms with Gasteiger partial charge in [-0.3, -0.25) is 4.79 Å². The molecule has 0 saturated carbocycles. The molecule has 0 bridgehead atoms. The summed E-state index contributed by atoms with van der Waals surface area (Å²) in [6.45, 7) is 0.456. The fourth-order valence-corrected chi connectivity index (χ4v) is 2.36. The third-order valence-corrected chi connectivity index (χ3v) is 3.81. The van der Waals surface area contributed by atoms with Crippen molar-refractivity contribution in [3.05, 3.63) is 63.6 Å². The summed E-state index contributed by atoms with van der Waals surface area (Å²) < 4.78 is 6.40. The molecule has 0 unspecified atom stereocenters. The minimum atomic E-state index is -0.102. The van der Waals surface area contributed by atoms with Crippen LogP contribution in [0, 0.1) is 0 Å². The van der Waals surface area contributed by atoms with E-state index in [0.29, 0.717) is 17.3 Å². The number of carbonyl (C=O) groups is 1. The Labute approximate surface area is 137 Å². The van der Waals surface area contributed by atoms with Crippen LogP contribution in [0.15, 0.2) is 53.0 Å². The van der Waals surface area contributed by atoms with Crippen LogP contribution in [-0.2, 0) is 11.3 Å². The Bertz CT molecular complexity index is 633. The molecule has 0 aromatic heterocycles. The topological polar surface area (TPSA) is 29.5 Å². The van der Waals surface area contributed by atoms with Gasteiger partial charge in [0, 0.05) is 23.1 Å². The number of ether oxygens (including phenoxy) is 1. The molecule has 0 spiro atoms. The highest BCUT2D eigenvalue weighted by Crippen LogP contribution is 2.18. The van der Waals surface area contributed by atoms with Crippen LogP contribution in [0.5, 0.6) is 5.75 Å². The fraction of sp³-hybridized carbons (Fsp3) is 0.188. The molecule has 3 nitrogen and oxygen atoms in total. The van der Waals surface area contributed by atoms with E-state index in [4.69, 9.17) is 16.3 Å². The van der Waals surface area contributed by atoms with Crippen molar-refractivity contribution in [2.75, 3.05) is 13.7 Å². The van der Waals surface area contributed by atoms with Gasteiger partial charge in [-0.2, -0.15) is 0 Å².